The first-order chi connectivity index (χ1) is 8.35. The van der Waals surface area contributed by atoms with Crippen molar-refractivity contribution in [3.63, 3.8) is 0 Å². The van der Waals surface area contributed by atoms with Crippen LogP contribution in [-0.4, -0.2) is 0 Å². The Bertz CT molecular complexity index is 569. The largest absolute Gasteiger partial charge is 0.192 e. The summed E-state index contributed by atoms with van der Waals surface area (Å²) in [5, 5.41) is 18.1. The molecule has 80 valence electrons. The number of hydrogen-bond donors (Lipinski definition) is 0. The monoisotopic (exact) mass is 218 g/mol. The zero-order valence-electron chi connectivity index (χ0n) is 9.22. The molecule has 0 amide bonds. The molecule has 0 spiro atoms. The van der Waals surface area contributed by atoms with Gasteiger partial charge in [0.05, 0.1) is 23.3 Å². The van der Waals surface area contributed by atoms with Crippen molar-refractivity contribution in [2.24, 2.45) is 0 Å². The molecule has 0 fully saturated rings. The Hall–Kier alpha value is -2.58. The first-order valence-corrected chi connectivity index (χ1v) is 5.31. The number of nitriles is 2. The molecule has 0 bridgehead atoms. The summed E-state index contributed by atoms with van der Waals surface area (Å²) < 4.78 is 0. The van der Waals surface area contributed by atoms with Crippen molar-refractivity contribution in [3.05, 3.63) is 70.8 Å². The Balaban J connectivity index is 2.46. The van der Waals surface area contributed by atoms with Crippen molar-refractivity contribution < 1.29 is 0 Å². The van der Waals surface area contributed by atoms with Gasteiger partial charge in [-0.05, 0) is 23.3 Å². The maximum Gasteiger partial charge on any atom is 0.0995 e. The van der Waals surface area contributed by atoms with Gasteiger partial charge in [0.15, 0.2) is 0 Å². The predicted molar refractivity (Wildman–Crippen MR) is 65.1 cm³/mol. The molecular weight excluding hydrogens is 208 g/mol. The Morgan fingerprint density at radius 3 is 1.88 bits per heavy atom. The lowest BCUT2D eigenvalue weighted by Crippen LogP contribution is -1.96. The van der Waals surface area contributed by atoms with Crippen LogP contribution in [0.15, 0.2) is 48.5 Å². The van der Waals surface area contributed by atoms with E-state index in [2.05, 4.69) is 12.1 Å². The second-order valence-electron chi connectivity index (χ2n) is 3.72. The van der Waals surface area contributed by atoms with Crippen LogP contribution in [-0.2, 0) is 6.42 Å². The molecule has 2 nitrogen and oxygen atoms in total. The summed E-state index contributed by atoms with van der Waals surface area (Å²) in [6.45, 7) is 0. The van der Waals surface area contributed by atoms with Gasteiger partial charge in [0.1, 0.15) is 0 Å². The minimum absolute atomic E-state index is 0.577. The van der Waals surface area contributed by atoms with E-state index in [9.17, 15) is 0 Å². The van der Waals surface area contributed by atoms with Gasteiger partial charge in [-0.2, -0.15) is 10.5 Å². The van der Waals surface area contributed by atoms with Gasteiger partial charge in [0.2, 0.25) is 0 Å². The Kier molecular flexibility index (Phi) is 3.19. The third kappa shape index (κ3) is 2.33. The molecule has 17 heavy (non-hydrogen) atoms. The average Bonchev–Trinajstić information content (AvgIpc) is 2.40. The zero-order chi connectivity index (χ0) is 12.1. The van der Waals surface area contributed by atoms with Crippen LogP contribution in [0, 0.1) is 22.7 Å². The van der Waals surface area contributed by atoms with Gasteiger partial charge in [-0.25, -0.2) is 0 Å². The van der Waals surface area contributed by atoms with Crippen LogP contribution in [0.4, 0.5) is 0 Å². The Morgan fingerprint density at radius 1 is 0.765 bits per heavy atom. The fourth-order valence-electron chi connectivity index (χ4n) is 1.79. The molecule has 0 saturated carbocycles. The molecule has 0 unspecified atom stereocenters. The van der Waals surface area contributed by atoms with Gasteiger partial charge in [-0.1, -0.05) is 36.4 Å². The fraction of sp³-hybridized carbons (Fsp3) is 0.0667. The van der Waals surface area contributed by atoms with Gasteiger partial charge in [-0.15, -0.1) is 0 Å². The van der Waals surface area contributed by atoms with Crippen molar-refractivity contribution in [3.8, 4) is 12.1 Å². The maximum absolute atomic E-state index is 9.06. The van der Waals surface area contributed by atoms with Crippen LogP contribution >= 0.6 is 0 Å². The summed E-state index contributed by atoms with van der Waals surface area (Å²) >= 11 is 0. The normalized spacial score (nSPS) is 9.29. The van der Waals surface area contributed by atoms with Gasteiger partial charge < -0.3 is 0 Å². The second kappa shape index (κ2) is 4.96. The molecule has 0 saturated heterocycles. The van der Waals surface area contributed by atoms with Crippen LogP contribution in [0.1, 0.15) is 22.3 Å². The van der Waals surface area contributed by atoms with Crippen molar-refractivity contribution in [2.45, 2.75) is 6.42 Å². The number of nitrogens with zero attached hydrogens (tertiary/aromatic N) is 2. The molecule has 0 atom stereocenters. The number of hydrogen-bond acceptors (Lipinski definition) is 2. The highest BCUT2D eigenvalue weighted by molar-refractivity contribution is 5.50. The lowest BCUT2D eigenvalue weighted by atomic mass is 9.96. The van der Waals surface area contributed by atoms with Gasteiger partial charge >= 0.3 is 0 Å². The van der Waals surface area contributed by atoms with Crippen molar-refractivity contribution in [1.82, 2.24) is 0 Å². The summed E-state index contributed by atoms with van der Waals surface area (Å²) in [6.07, 6.45) is 0.619. The van der Waals surface area contributed by atoms with Gasteiger partial charge in [-0.3, -0.25) is 0 Å². The highest BCUT2D eigenvalue weighted by Gasteiger charge is 2.08. The molecule has 2 rings (SSSR count). The summed E-state index contributed by atoms with van der Waals surface area (Å²) in [7, 11) is 0. The van der Waals surface area contributed by atoms with Crippen LogP contribution in [0.5, 0.6) is 0 Å². The maximum atomic E-state index is 9.06. The van der Waals surface area contributed by atoms with E-state index in [4.69, 9.17) is 10.5 Å². The summed E-state index contributed by atoms with van der Waals surface area (Å²) in [4.78, 5) is 0. The molecule has 0 aliphatic carbocycles. The summed E-state index contributed by atoms with van der Waals surface area (Å²) in [5.74, 6) is 0. The standard InChI is InChI=1S/C15H10N2/c16-10-13-7-4-8-14(11-17)15(13)9-12-5-2-1-3-6-12/h1-8H,9H2. The first kappa shape index (κ1) is 10.9. The lowest BCUT2D eigenvalue weighted by molar-refractivity contribution is 1.16. The van der Waals surface area contributed by atoms with Crippen molar-refractivity contribution in [1.29, 1.82) is 10.5 Å². The molecule has 2 aromatic rings. The van der Waals surface area contributed by atoms with E-state index in [1.807, 2.05) is 30.3 Å². The van der Waals surface area contributed by atoms with Crippen LogP contribution in [0.2, 0.25) is 0 Å². The summed E-state index contributed by atoms with van der Waals surface area (Å²) in [5.41, 5.74) is 3.07. The van der Waals surface area contributed by atoms with E-state index < -0.39 is 0 Å². The first-order valence-electron chi connectivity index (χ1n) is 5.31. The molecule has 2 heteroatoms. The van der Waals surface area contributed by atoms with Gasteiger partial charge in [0, 0.05) is 6.42 Å². The molecule has 0 aliphatic rings. The molecule has 0 N–H and O–H groups in total. The topological polar surface area (TPSA) is 47.6 Å². The highest BCUT2D eigenvalue weighted by atomic mass is 14.3. The molecule has 0 heterocycles. The van der Waals surface area contributed by atoms with E-state index in [1.54, 1.807) is 18.2 Å². The van der Waals surface area contributed by atoms with Crippen LogP contribution < -0.4 is 0 Å². The van der Waals surface area contributed by atoms with Crippen molar-refractivity contribution >= 4 is 0 Å². The quantitative estimate of drug-likeness (QED) is 0.777. The Labute approximate surface area is 100 Å². The molecule has 0 radical (unpaired) electrons. The third-order valence-electron chi connectivity index (χ3n) is 2.64. The molecule has 0 aliphatic heterocycles. The minimum atomic E-state index is 0.577. The van der Waals surface area contributed by atoms with Crippen LogP contribution in [0.3, 0.4) is 0 Å². The fourth-order valence-corrected chi connectivity index (χ4v) is 1.79. The smallest absolute Gasteiger partial charge is 0.0995 e. The third-order valence-corrected chi connectivity index (χ3v) is 2.64. The SMILES string of the molecule is N#Cc1cccc(C#N)c1Cc1ccccc1. The zero-order valence-corrected chi connectivity index (χ0v) is 9.22. The summed E-state index contributed by atoms with van der Waals surface area (Å²) in [6, 6.07) is 19.4. The lowest BCUT2D eigenvalue weighted by Gasteiger charge is -2.06. The molecule has 2 aromatic carbocycles. The minimum Gasteiger partial charge on any atom is -0.192 e. The van der Waals surface area contributed by atoms with E-state index in [0.29, 0.717) is 17.5 Å². The predicted octanol–water partition coefficient (Wildman–Crippen LogP) is 3.02. The molecule has 0 aromatic heterocycles. The van der Waals surface area contributed by atoms with E-state index in [0.717, 1.165) is 11.1 Å². The average molecular weight is 218 g/mol. The van der Waals surface area contributed by atoms with E-state index >= 15 is 0 Å². The van der Waals surface area contributed by atoms with Crippen molar-refractivity contribution in [2.75, 3.05) is 0 Å². The number of benzene rings is 2. The van der Waals surface area contributed by atoms with E-state index in [-0.39, 0.29) is 0 Å². The Morgan fingerprint density at radius 2 is 1.35 bits per heavy atom. The number of rotatable bonds is 2. The molecular formula is C15H10N2. The second-order valence-corrected chi connectivity index (χ2v) is 3.72. The van der Waals surface area contributed by atoms with Crippen LogP contribution in [0.25, 0.3) is 0 Å². The van der Waals surface area contributed by atoms with Gasteiger partial charge in [0.25, 0.3) is 0 Å². The highest BCUT2D eigenvalue weighted by Crippen LogP contribution is 2.18. The van der Waals surface area contributed by atoms with E-state index in [1.165, 1.54) is 0 Å².